The van der Waals surface area contributed by atoms with Crippen molar-refractivity contribution in [3.8, 4) is 17.5 Å². The van der Waals surface area contributed by atoms with Gasteiger partial charge in [0.15, 0.2) is 0 Å². The van der Waals surface area contributed by atoms with Crippen LogP contribution in [-0.4, -0.2) is 22.6 Å². The summed E-state index contributed by atoms with van der Waals surface area (Å²) >= 11 is 0. The molecule has 90 valence electrons. The molecule has 2 heterocycles. The minimum absolute atomic E-state index is 0.156. The summed E-state index contributed by atoms with van der Waals surface area (Å²) in [5.74, 6) is -0.427. The standard InChI is InChI=1S/C13H11N3O2/c1-18-13(17)10-8-12(16(9-10)7-5-14)11-4-2-3-6-15-11/h2-4,6,8-9H,7H2,1H3. The summed E-state index contributed by atoms with van der Waals surface area (Å²) in [6.07, 6.45) is 3.26. The van der Waals surface area contributed by atoms with Gasteiger partial charge in [0.1, 0.15) is 6.54 Å². The highest BCUT2D eigenvalue weighted by atomic mass is 16.5. The number of nitriles is 1. The zero-order valence-corrected chi connectivity index (χ0v) is 9.83. The minimum atomic E-state index is -0.427. The van der Waals surface area contributed by atoms with Gasteiger partial charge in [-0.15, -0.1) is 0 Å². The molecule has 2 aromatic heterocycles. The van der Waals surface area contributed by atoms with Gasteiger partial charge in [-0.1, -0.05) is 6.07 Å². The molecule has 5 heteroatoms. The lowest BCUT2D eigenvalue weighted by atomic mass is 10.2. The van der Waals surface area contributed by atoms with E-state index in [0.717, 1.165) is 5.69 Å². The minimum Gasteiger partial charge on any atom is -0.465 e. The monoisotopic (exact) mass is 241 g/mol. The summed E-state index contributed by atoms with van der Waals surface area (Å²) in [6.45, 7) is 0.156. The molecule has 0 aliphatic heterocycles. The van der Waals surface area contributed by atoms with Gasteiger partial charge >= 0.3 is 5.97 Å². The number of aromatic nitrogens is 2. The van der Waals surface area contributed by atoms with Crippen LogP contribution >= 0.6 is 0 Å². The van der Waals surface area contributed by atoms with Crippen LogP contribution in [0.3, 0.4) is 0 Å². The van der Waals surface area contributed by atoms with Gasteiger partial charge in [-0.2, -0.15) is 5.26 Å². The number of esters is 1. The molecule has 2 aromatic rings. The van der Waals surface area contributed by atoms with Crippen molar-refractivity contribution in [2.24, 2.45) is 0 Å². The van der Waals surface area contributed by atoms with E-state index < -0.39 is 5.97 Å². The predicted molar refractivity (Wildman–Crippen MR) is 64.6 cm³/mol. The normalized spacial score (nSPS) is 9.78. The van der Waals surface area contributed by atoms with Crippen LogP contribution in [0, 0.1) is 11.3 Å². The number of hydrogen-bond donors (Lipinski definition) is 0. The Bertz CT molecular complexity index is 596. The third kappa shape index (κ3) is 2.23. The molecule has 0 N–H and O–H groups in total. The fraction of sp³-hybridized carbons (Fsp3) is 0.154. The Morgan fingerprint density at radius 3 is 3.00 bits per heavy atom. The van der Waals surface area contributed by atoms with Crippen LogP contribution in [0.15, 0.2) is 36.7 Å². The van der Waals surface area contributed by atoms with Gasteiger partial charge in [-0.25, -0.2) is 4.79 Å². The summed E-state index contributed by atoms with van der Waals surface area (Å²) in [7, 11) is 1.32. The highest BCUT2D eigenvalue weighted by Crippen LogP contribution is 2.20. The molecule has 5 nitrogen and oxygen atoms in total. The molecule has 0 amide bonds. The molecular weight excluding hydrogens is 230 g/mol. The van der Waals surface area contributed by atoms with Crippen LogP contribution in [0.5, 0.6) is 0 Å². The molecule has 2 rings (SSSR count). The fourth-order valence-electron chi connectivity index (χ4n) is 1.68. The van der Waals surface area contributed by atoms with Crippen LogP contribution in [0.2, 0.25) is 0 Å². The van der Waals surface area contributed by atoms with E-state index >= 15 is 0 Å². The first-order valence-electron chi connectivity index (χ1n) is 5.33. The lowest BCUT2D eigenvalue weighted by Gasteiger charge is -2.03. The second-order valence-electron chi connectivity index (χ2n) is 3.61. The lowest BCUT2D eigenvalue weighted by Crippen LogP contribution is -2.00. The van der Waals surface area contributed by atoms with Gasteiger partial charge in [0.05, 0.1) is 30.1 Å². The number of ether oxygens (including phenoxy) is 1. The van der Waals surface area contributed by atoms with E-state index in [1.165, 1.54) is 7.11 Å². The summed E-state index contributed by atoms with van der Waals surface area (Å²) in [6, 6.07) is 9.20. The maximum Gasteiger partial charge on any atom is 0.339 e. The molecule has 0 spiro atoms. The van der Waals surface area contributed by atoms with Crippen molar-refractivity contribution in [1.82, 2.24) is 9.55 Å². The topological polar surface area (TPSA) is 67.9 Å². The Kier molecular flexibility index (Phi) is 3.39. The molecule has 0 aromatic carbocycles. The quantitative estimate of drug-likeness (QED) is 0.769. The predicted octanol–water partition coefficient (Wildman–Crippen LogP) is 1.86. The first kappa shape index (κ1) is 11.9. The molecule has 0 bridgehead atoms. The van der Waals surface area contributed by atoms with Gasteiger partial charge in [0.2, 0.25) is 0 Å². The zero-order chi connectivity index (χ0) is 13.0. The average molecular weight is 241 g/mol. The van der Waals surface area contributed by atoms with Gasteiger partial charge in [0, 0.05) is 12.4 Å². The van der Waals surface area contributed by atoms with Gasteiger partial charge in [0.25, 0.3) is 0 Å². The van der Waals surface area contributed by atoms with E-state index in [0.29, 0.717) is 11.3 Å². The first-order chi connectivity index (χ1) is 8.76. The molecule has 0 radical (unpaired) electrons. The summed E-state index contributed by atoms with van der Waals surface area (Å²) in [5.41, 5.74) is 1.84. The Morgan fingerprint density at radius 1 is 1.56 bits per heavy atom. The number of nitrogens with zero attached hydrogens (tertiary/aromatic N) is 3. The van der Waals surface area contributed by atoms with Crippen molar-refractivity contribution in [2.45, 2.75) is 6.54 Å². The molecule has 0 fully saturated rings. The number of hydrogen-bond acceptors (Lipinski definition) is 4. The second kappa shape index (κ2) is 5.15. The summed E-state index contributed by atoms with van der Waals surface area (Å²) in [4.78, 5) is 15.7. The maximum atomic E-state index is 11.5. The van der Waals surface area contributed by atoms with Crippen LogP contribution in [0.25, 0.3) is 11.4 Å². The molecule has 0 saturated heterocycles. The maximum absolute atomic E-state index is 11.5. The van der Waals surface area contributed by atoms with Gasteiger partial charge < -0.3 is 9.30 Å². The molecule has 18 heavy (non-hydrogen) atoms. The van der Waals surface area contributed by atoms with Crippen molar-refractivity contribution >= 4 is 5.97 Å². The van der Waals surface area contributed by atoms with E-state index in [-0.39, 0.29) is 6.54 Å². The molecule has 0 unspecified atom stereocenters. The number of carbonyl (C=O) groups is 1. The van der Waals surface area contributed by atoms with Gasteiger partial charge in [-0.3, -0.25) is 4.98 Å². The highest BCUT2D eigenvalue weighted by molar-refractivity contribution is 5.90. The van der Waals surface area contributed by atoms with Crippen molar-refractivity contribution in [1.29, 1.82) is 5.26 Å². The van der Waals surface area contributed by atoms with Gasteiger partial charge in [-0.05, 0) is 18.2 Å². The van der Waals surface area contributed by atoms with Crippen molar-refractivity contribution < 1.29 is 9.53 Å². The number of methoxy groups -OCH3 is 1. The molecule has 0 aliphatic rings. The smallest absolute Gasteiger partial charge is 0.339 e. The van der Waals surface area contributed by atoms with E-state index in [9.17, 15) is 4.79 Å². The van der Waals surface area contributed by atoms with Crippen LogP contribution in [0.1, 0.15) is 10.4 Å². The third-order valence-corrected chi connectivity index (χ3v) is 2.49. The SMILES string of the molecule is COC(=O)c1cc(-c2ccccn2)n(CC#N)c1. The molecule has 0 saturated carbocycles. The van der Waals surface area contributed by atoms with E-state index in [2.05, 4.69) is 9.72 Å². The van der Waals surface area contributed by atoms with Crippen molar-refractivity contribution in [2.75, 3.05) is 7.11 Å². The largest absolute Gasteiger partial charge is 0.465 e. The summed E-state index contributed by atoms with van der Waals surface area (Å²) in [5, 5.41) is 8.79. The van der Waals surface area contributed by atoms with Crippen molar-refractivity contribution in [3.05, 3.63) is 42.2 Å². The lowest BCUT2D eigenvalue weighted by molar-refractivity contribution is 0.0600. The molecular formula is C13H11N3O2. The number of carbonyl (C=O) groups excluding carboxylic acids is 1. The first-order valence-corrected chi connectivity index (χ1v) is 5.33. The van der Waals surface area contributed by atoms with E-state index in [1.54, 1.807) is 23.0 Å². The van der Waals surface area contributed by atoms with Crippen LogP contribution in [-0.2, 0) is 11.3 Å². The Hall–Kier alpha value is -2.61. The summed E-state index contributed by atoms with van der Waals surface area (Å²) < 4.78 is 6.34. The number of rotatable bonds is 3. The highest BCUT2D eigenvalue weighted by Gasteiger charge is 2.14. The van der Waals surface area contributed by atoms with Crippen LogP contribution in [0.4, 0.5) is 0 Å². The Morgan fingerprint density at radius 2 is 2.39 bits per heavy atom. The number of pyridine rings is 1. The zero-order valence-electron chi connectivity index (χ0n) is 9.83. The van der Waals surface area contributed by atoms with E-state index in [1.807, 2.05) is 24.3 Å². The van der Waals surface area contributed by atoms with Crippen molar-refractivity contribution in [3.63, 3.8) is 0 Å². The average Bonchev–Trinajstić information content (AvgIpc) is 2.83. The fourth-order valence-corrected chi connectivity index (χ4v) is 1.68. The third-order valence-electron chi connectivity index (χ3n) is 2.49. The van der Waals surface area contributed by atoms with Crippen LogP contribution < -0.4 is 0 Å². The Labute approximate surface area is 104 Å². The Balaban J connectivity index is 2.49. The van der Waals surface area contributed by atoms with E-state index in [4.69, 9.17) is 5.26 Å². The molecule has 0 atom stereocenters. The second-order valence-corrected chi connectivity index (χ2v) is 3.61. The molecule has 0 aliphatic carbocycles.